The number of aryl methyl sites for hydroxylation is 1. The van der Waals surface area contributed by atoms with Crippen LogP contribution < -0.4 is 4.74 Å². The Kier molecular flexibility index (Phi) is 5.20. The van der Waals surface area contributed by atoms with Crippen molar-refractivity contribution in [2.75, 3.05) is 20.2 Å². The lowest BCUT2D eigenvalue weighted by Gasteiger charge is -2.36. The number of nitrogens with zero attached hydrogens (tertiary/aromatic N) is 2. The number of unbranched alkanes of at least 4 members (excludes halogenated alkanes) is 1. The summed E-state index contributed by atoms with van der Waals surface area (Å²) in [6.07, 6.45) is 8.51. The first kappa shape index (κ1) is 14.3. The van der Waals surface area contributed by atoms with Gasteiger partial charge in [-0.15, -0.1) is 0 Å². The van der Waals surface area contributed by atoms with Crippen LogP contribution in [0.4, 0.5) is 0 Å². The third kappa shape index (κ3) is 3.47. The Balaban J connectivity index is 2.17. The highest BCUT2D eigenvalue weighted by molar-refractivity contribution is 5.31. The number of methoxy groups -OCH3 is 1. The van der Waals surface area contributed by atoms with Gasteiger partial charge in [-0.2, -0.15) is 0 Å². The predicted octanol–water partition coefficient (Wildman–Crippen LogP) is 3.73. The third-order valence-corrected chi connectivity index (χ3v) is 4.11. The number of rotatable bonds is 5. The number of piperidine rings is 1. The molecule has 1 aliphatic rings. The number of pyridine rings is 1. The van der Waals surface area contributed by atoms with Crippen LogP contribution in [0, 0.1) is 6.92 Å². The average molecular weight is 262 g/mol. The van der Waals surface area contributed by atoms with Crippen molar-refractivity contribution in [3.05, 3.63) is 23.4 Å². The van der Waals surface area contributed by atoms with Crippen LogP contribution in [0.1, 0.15) is 56.2 Å². The highest BCUT2D eigenvalue weighted by atomic mass is 16.5. The molecule has 1 aliphatic heterocycles. The highest BCUT2D eigenvalue weighted by Gasteiger charge is 2.24. The molecular weight excluding hydrogens is 236 g/mol. The zero-order valence-corrected chi connectivity index (χ0v) is 12.5. The second kappa shape index (κ2) is 6.90. The molecule has 0 aliphatic carbocycles. The van der Waals surface area contributed by atoms with Gasteiger partial charge in [-0.3, -0.25) is 4.90 Å². The van der Waals surface area contributed by atoms with Gasteiger partial charge in [0.05, 0.1) is 7.11 Å². The standard InChI is InChI=1S/C16H26N2O/c1-4-5-9-18-10-7-6-8-15(18)14-12-17-16(19-3)11-13(14)2/h11-12,15H,4-10H2,1-3H3. The van der Waals surface area contributed by atoms with Crippen molar-refractivity contribution in [1.82, 2.24) is 9.88 Å². The SMILES string of the molecule is CCCCN1CCCCC1c1cnc(OC)cc1C. The van der Waals surface area contributed by atoms with E-state index in [2.05, 4.69) is 29.8 Å². The molecule has 1 aromatic rings. The molecule has 1 atom stereocenters. The molecule has 3 nitrogen and oxygen atoms in total. The minimum absolute atomic E-state index is 0.554. The molecule has 0 aromatic carbocycles. The predicted molar refractivity (Wildman–Crippen MR) is 78.6 cm³/mol. The van der Waals surface area contributed by atoms with Crippen molar-refractivity contribution in [2.24, 2.45) is 0 Å². The molecule has 0 radical (unpaired) electrons. The molecule has 1 unspecified atom stereocenters. The number of aromatic nitrogens is 1. The van der Waals surface area contributed by atoms with Gasteiger partial charge in [0, 0.05) is 18.3 Å². The fourth-order valence-corrected chi connectivity index (χ4v) is 2.97. The zero-order valence-electron chi connectivity index (χ0n) is 12.5. The van der Waals surface area contributed by atoms with Crippen molar-refractivity contribution in [1.29, 1.82) is 0 Å². The van der Waals surface area contributed by atoms with E-state index < -0.39 is 0 Å². The summed E-state index contributed by atoms with van der Waals surface area (Å²) >= 11 is 0. The highest BCUT2D eigenvalue weighted by Crippen LogP contribution is 2.33. The van der Waals surface area contributed by atoms with Gasteiger partial charge in [0.25, 0.3) is 0 Å². The largest absolute Gasteiger partial charge is 0.481 e. The Hall–Kier alpha value is -1.09. The van der Waals surface area contributed by atoms with Crippen molar-refractivity contribution in [2.45, 2.75) is 52.0 Å². The molecule has 3 heteroatoms. The van der Waals surface area contributed by atoms with E-state index >= 15 is 0 Å². The van der Waals surface area contributed by atoms with Gasteiger partial charge in [-0.1, -0.05) is 19.8 Å². The molecule has 106 valence electrons. The lowest BCUT2D eigenvalue weighted by atomic mass is 9.93. The van der Waals surface area contributed by atoms with E-state index in [9.17, 15) is 0 Å². The summed E-state index contributed by atoms with van der Waals surface area (Å²) in [4.78, 5) is 7.04. The number of ether oxygens (including phenoxy) is 1. The second-order valence-corrected chi connectivity index (χ2v) is 5.48. The first-order valence-electron chi connectivity index (χ1n) is 7.50. The van der Waals surface area contributed by atoms with Gasteiger partial charge in [-0.25, -0.2) is 4.98 Å². The van der Waals surface area contributed by atoms with E-state index in [0.29, 0.717) is 6.04 Å². The second-order valence-electron chi connectivity index (χ2n) is 5.48. The van der Waals surface area contributed by atoms with Gasteiger partial charge < -0.3 is 4.74 Å². The van der Waals surface area contributed by atoms with Crippen LogP contribution in [-0.4, -0.2) is 30.1 Å². The molecular formula is C16H26N2O. The van der Waals surface area contributed by atoms with Gasteiger partial charge in [-0.05, 0) is 50.4 Å². The van der Waals surface area contributed by atoms with Crippen molar-refractivity contribution in [3.63, 3.8) is 0 Å². The van der Waals surface area contributed by atoms with Crippen LogP contribution in [0.5, 0.6) is 5.88 Å². The van der Waals surface area contributed by atoms with Crippen LogP contribution in [-0.2, 0) is 0 Å². The van der Waals surface area contributed by atoms with Crippen molar-refractivity contribution >= 4 is 0 Å². The minimum atomic E-state index is 0.554. The van der Waals surface area contributed by atoms with Crippen LogP contribution in [0.3, 0.4) is 0 Å². The Labute approximate surface area is 117 Å². The Morgan fingerprint density at radius 1 is 1.42 bits per heavy atom. The van der Waals surface area contributed by atoms with E-state index in [1.54, 1.807) is 7.11 Å². The first-order valence-corrected chi connectivity index (χ1v) is 7.50. The molecule has 0 amide bonds. The monoisotopic (exact) mass is 262 g/mol. The maximum atomic E-state index is 5.20. The lowest BCUT2D eigenvalue weighted by Crippen LogP contribution is -2.34. The van der Waals surface area contributed by atoms with Crippen LogP contribution >= 0.6 is 0 Å². The fourth-order valence-electron chi connectivity index (χ4n) is 2.97. The third-order valence-electron chi connectivity index (χ3n) is 4.11. The van der Waals surface area contributed by atoms with Crippen LogP contribution in [0.2, 0.25) is 0 Å². The summed E-state index contributed by atoms with van der Waals surface area (Å²) in [5, 5.41) is 0. The molecule has 0 saturated carbocycles. The maximum absolute atomic E-state index is 5.20. The van der Waals surface area contributed by atoms with E-state index in [1.807, 2.05) is 6.20 Å². The molecule has 1 aromatic heterocycles. The Morgan fingerprint density at radius 3 is 2.95 bits per heavy atom. The molecule has 0 N–H and O–H groups in total. The summed E-state index contributed by atoms with van der Waals surface area (Å²) in [6, 6.07) is 2.61. The Morgan fingerprint density at radius 2 is 2.26 bits per heavy atom. The van der Waals surface area contributed by atoms with Crippen LogP contribution in [0.15, 0.2) is 12.3 Å². The Bertz CT molecular complexity index is 406. The van der Waals surface area contributed by atoms with Gasteiger partial charge in [0.15, 0.2) is 0 Å². The lowest BCUT2D eigenvalue weighted by molar-refractivity contribution is 0.146. The van der Waals surface area contributed by atoms with E-state index in [0.717, 1.165) is 5.88 Å². The summed E-state index contributed by atoms with van der Waals surface area (Å²) in [6.45, 7) is 6.88. The molecule has 2 rings (SSSR count). The molecule has 1 saturated heterocycles. The molecule has 1 fully saturated rings. The van der Waals surface area contributed by atoms with E-state index in [4.69, 9.17) is 4.74 Å². The first-order chi connectivity index (χ1) is 9.26. The van der Waals surface area contributed by atoms with E-state index in [1.165, 1.54) is 56.3 Å². The molecule has 19 heavy (non-hydrogen) atoms. The van der Waals surface area contributed by atoms with E-state index in [-0.39, 0.29) is 0 Å². The normalized spacial score (nSPS) is 20.5. The van der Waals surface area contributed by atoms with Crippen molar-refractivity contribution in [3.8, 4) is 5.88 Å². The van der Waals surface area contributed by atoms with Gasteiger partial charge >= 0.3 is 0 Å². The number of likely N-dealkylation sites (tertiary alicyclic amines) is 1. The summed E-state index contributed by atoms with van der Waals surface area (Å²) < 4.78 is 5.20. The number of hydrogen-bond donors (Lipinski definition) is 0. The van der Waals surface area contributed by atoms with Crippen molar-refractivity contribution < 1.29 is 4.74 Å². The topological polar surface area (TPSA) is 25.4 Å². The summed E-state index contributed by atoms with van der Waals surface area (Å²) in [5.41, 5.74) is 2.69. The molecule has 2 heterocycles. The molecule has 0 spiro atoms. The summed E-state index contributed by atoms with van der Waals surface area (Å²) in [7, 11) is 1.68. The average Bonchev–Trinajstić information content (AvgIpc) is 2.45. The van der Waals surface area contributed by atoms with Gasteiger partial charge in [0.1, 0.15) is 0 Å². The smallest absolute Gasteiger partial charge is 0.213 e. The zero-order chi connectivity index (χ0) is 13.7. The maximum Gasteiger partial charge on any atom is 0.213 e. The summed E-state index contributed by atoms with van der Waals surface area (Å²) in [5.74, 6) is 0.720. The fraction of sp³-hybridized carbons (Fsp3) is 0.688. The molecule has 0 bridgehead atoms. The van der Waals surface area contributed by atoms with Crippen LogP contribution in [0.25, 0.3) is 0 Å². The quantitative estimate of drug-likeness (QED) is 0.808. The minimum Gasteiger partial charge on any atom is -0.481 e. The van der Waals surface area contributed by atoms with Gasteiger partial charge in [0.2, 0.25) is 5.88 Å². The number of hydrogen-bond acceptors (Lipinski definition) is 3.